The van der Waals surface area contributed by atoms with E-state index < -0.39 is 0 Å². The van der Waals surface area contributed by atoms with Crippen molar-refractivity contribution in [3.05, 3.63) is 42.2 Å². The number of terminal acetylenes is 1. The lowest BCUT2D eigenvalue weighted by Crippen LogP contribution is -1.86. The van der Waals surface area contributed by atoms with Crippen LogP contribution in [0.5, 0.6) is 0 Å². The molecule has 0 aliphatic rings. The molecule has 14 heavy (non-hydrogen) atoms. The van der Waals surface area contributed by atoms with Crippen molar-refractivity contribution >= 4 is 0 Å². The van der Waals surface area contributed by atoms with Gasteiger partial charge < -0.3 is 0 Å². The maximum atomic E-state index is 5.38. The summed E-state index contributed by atoms with van der Waals surface area (Å²) >= 11 is 0. The zero-order chi connectivity index (χ0) is 9.97. The molecule has 0 bridgehead atoms. The summed E-state index contributed by atoms with van der Waals surface area (Å²) in [6, 6.07) is 10.0. The van der Waals surface area contributed by atoms with Gasteiger partial charge in [-0.25, -0.2) is 0 Å². The number of aryl methyl sites for hydroxylation is 1. The Labute approximate surface area is 83.2 Å². The maximum Gasteiger partial charge on any atom is 0.142 e. The van der Waals surface area contributed by atoms with Crippen LogP contribution >= 0.6 is 0 Å². The number of nitrogens with zero attached hydrogens (tertiary/aromatic N) is 2. The summed E-state index contributed by atoms with van der Waals surface area (Å²) < 4.78 is 1.73. The number of benzene rings is 1. The van der Waals surface area contributed by atoms with Gasteiger partial charge in [-0.05, 0) is 11.5 Å². The van der Waals surface area contributed by atoms with Gasteiger partial charge in [-0.1, -0.05) is 30.3 Å². The average molecular weight is 182 g/mol. The second-order valence-electron chi connectivity index (χ2n) is 3.08. The first-order valence-electron chi connectivity index (χ1n) is 4.37. The monoisotopic (exact) mass is 182 g/mol. The first-order valence-corrected chi connectivity index (χ1v) is 4.37. The molecule has 0 unspecified atom stereocenters. The van der Waals surface area contributed by atoms with E-state index in [1.807, 2.05) is 43.6 Å². The molecule has 0 saturated heterocycles. The van der Waals surface area contributed by atoms with Crippen LogP contribution in [0.4, 0.5) is 0 Å². The van der Waals surface area contributed by atoms with Crippen LogP contribution in [0.15, 0.2) is 36.5 Å². The SMILES string of the molecule is C#Cc1nn(C)cc1-c1ccccc1. The Morgan fingerprint density at radius 1 is 1.29 bits per heavy atom. The molecular weight excluding hydrogens is 172 g/mol. The van der Waals surface area contributed by atoms with Crippen molar-refractivity contribution < 1.29 is 0 Å². The lowest BCUT2D eigenvalue weighted by atomic mass is 10.1. The van der Waals surface area contributed by atoms with Crippen LogP contribution in [0, 0.1) is 12.3 Å². The summed E-state index contributed by atoms with van der Waals surface area (Å²) in [5.74, 6) is 2.58. The molecule has 2 nitrogen and oxygen atoms in total. The molecule has 0 aliphatic heterocycles. The summed E-state index contributed by atoms with van der Waals surface area (Å²) in [6.45, 7) is 0. The molecule has 0 radical (unpaired) electrons. The highest BCUT2D eigenvalue weighted by Crippen LogP contribution is 2.21. The van der Waals surface area contributed by atoms with Crippen molar-refractivity contribution in [2.24, 2.45) is 7.05 Å². The smallest absolute Gasteiger partial charge is 0.142 e. The summed E-state index contributed by atoms with van der Waals surface area (Å²) in [7, 11) is 1.87. The molecule has 0 atom stereocenters. The first-order chi connectivity index (χ1) is 6.81. The fraction of sp³-hybridized carbons (Fsp3) is 0.0833. The molecule has 2 rings (SSSR count). The molecule has 2 aromatic rings. The summed E-state index contributed by atoms with van der Waals surface area (Å²) in [5.41, 5.74) is 2.81. The average Bonchev–Trinajstić information content (AvgIpc) is 2.61. The van der Waals surface area contributed by atoms with Crippen LogP contribution in [0.25, 0.3) is 11.1 Å². The van der Waals surface area contributed by atoms with Crippen LogP contribution in [-0.2, 0) is 7.05 Å². The Morgan fingerprint density at radius 3 is 2.64 bits per heavy atom. The third-order valence-electron chi connectivity index (χ3n) is 2.05. The van der Waals surface area contributed by atoms with Gasteiger partial charge in [0.05, 0.1) is 0 Å². The van der Waals surface area contributed by atoms with Gasteiger partial charge in [-0.2, -0.15) is 5.10 Å². The standard InChI is InChI=1S/C12H10N2/c1-3-12-11(9-14(2)13-12)10-7-5-4-6-8-10/h1,4-9H,2H3. The Kier molecular flexibility index (Phi) is 2.08. The van der Waals surface area contributed by atoms with Gasteiger partial charge in [0, 0.05) is 18.8 Å². The Bertz CT molecular complexity index is 475. The Balaban J connectivity index is 2.58. The molecule has 0 fully saturated rings. The van der Waals surface area contributed by atoms with E-state index in [1.54, 1.807) is 4.68 Å². The molecule has 68 valence electrons. The first kappa shape index (κ1) is 8.58. The molecule has 1 aromatic heterocycles. The van der Waals surface area contributed by atoms with Crippen LogP contribution in [-0.4, -0.2) is 9.78 Å². The normalized spacial score (nSPS) is 9.71. The van der Waals surface area contributed by atoms with Gasteiger partial charge in [0.15, 0.2) is 0 Å². The van der Waals surface area contributed by atoms with Gasteiger partial charge in [-0.3, -0.25) is 4.68 Å². The lowest BCUT2D eigenvalue weighted by Gasteiger charge is -1.95. The minimum absolute atomic E-state index is 0.693. The Hall–Kier alpha value is -2.01. The van der Waals surface area contributed by atoms with Crippen LogP contribution < -0.4 is 0 Å². The highest BCUT2D eigenvalue weighted by Gasteiger charge is 2.06. The highest BCUT2D eigenvalue weighted by molar-refractivity contribution is 5.68. The van der Waals surface area contributed by atoms with E-state index in [0.29, 0.717) is 5.69 Å². The number of rotatable bonds is 1. The number of hydrogen-bond donors (Lipinski definition) is 0. The molecule has 0 spiro atoms. The van der Waals surface area contributed by atoms with Crippen LogP contribution in [0.3, 0.4) is 0 Å². The predicted molar refractivity (Wildman–Crippen MR) is 56.6 cm³/mol. The van der Waals surface area contributed by atoms with E-state index >= 15 is 0 Å². The fourth-order valence-electron chi connectivity index (χ4n) is 1.42. The molecule has 0 saturated carbocycles. The Morgan fingerprint density at radius 2 is 2.00 bits per heavy atom. The van der Waals surface area contributed by atoms with Crippen molar-refractivity contribution in [1.29, 1.82) is 0 Å². The number of hydrogen-bond acceptors (Lipinski definition) is 1. The lowest BCUT2D eigenvalue weighted by molar-refractivity contribution is 0.764. The van der Waals surface area contributed by atoms with Crippen molar-refractivity contribution in [2.45, 2.75) is 0 Å². The minimum atomic E-state index is 0.693. The molecule has 0 N–H and O–H groups in total. The van der Waals surface area contributed by atoms with E-state index in [2.05, 4.69) is 11.0 Å². The molecule has 0 amide bonds. The fourth-order valence-corrected chi connectivity index (χ4v) is 1.42. The van der Waals surface area contributed by atoms with E-state index in [4.69, 9.17) is 6.42 Å². The van der Waals surface area contributed by atoms with Crippen molar-refractivity contribution in [2.75, 3.05) is 0 Å². The largest absolute Gasteiger partial charge is 0.274 e. The quantitative estimate of drug-likeness (QED) is 0.617. The molecule has 1 aromatic carbocycles. The van der Waals surface area contributed by atoms with E-state index in [0.717, 1.165) is 11.1 Å². The minimum Gasteiger partial charge on any atom is -0.274 e. The van der Waals surface area contributed by atoms with E-state index in [9.17, 15) is 0 Å². The van der Waals surface area contributed by atoms with Gasteiger partial charge in [0.1, 0.15) is 5.69 Å². The maximum absolute atomic E-state index is 5.38. The predicted octanol–water partition coefficient (Wildman–Crippen LogP) is 2.07. The highest BCUT2D eigenvalue weighted by atomic mass is 15.2. The topological polar surface area (TPSA) is 17.8 Å². The van der Waals surface area contributed by atoms with E-state index in [-0.39, 0.29) is 0 Å². The van der Waals surface area contributed by atoms with Gasteiger partial charge >= 0.3 is 0 Å². The summed E-state index contributed by atoms with van der Waals surface area (Å²) in [4.78, 5) is 0. The van der Waals surface area contributed by atoms with Crippen molar-refractivity contribution in [3.8, 4) is 23.5 Å². The van der Waals surface area contributed by atoms with E-state index in [1.165, 1.54) is 0 Å². The molecule has 2 heteroatoms. The number of aromatic nitrogens is 2. The zero-order valence-electron chi connectivity index (χ0n) is 7.94. The summed E-state index contributed by atoms with van der Waals surface area (Å²) in [6.07, 6.45) is 7.31. The zero-order valence-corrected chi connectivity index (χ0v) is 7.94. The van der Waals surface area contributed by atoms with Gasteiger partial charge in [-0.15, -0.1) is 6.42 Å². The van der Waals surface area contributed by atoms with Crippen LogP contribution in [0.1, 0.15) is 5.69 Å². The van der Waals surface area contributed by atoms with Gasteiger partial charge in [0.2, 0.25) is 0 Å². The second-order valence-corrected chi connectivity index (χ2v) is 3.08. The van der Waals surface area contributed by atoms with Gasteiger partial charge in [0.25, 0.3) is 0 Å². The molecule has 1 heterocycles. The van der Waals surface area contributed by atoms with Crippen LogP contribution in [0.2, 0.25) is 0 Å². The third kappa shape index (κ3) is 1.40. The van der Waals surface area contributed by atoms with Crippen molar-refractivity contribution in [1.82, 2.24) is 9.78 Å². The molecular formula is C12H10N2. The second kappa shape index (κ2) is 3.39. The van der Waals surface area contributed by atoms with Crippen molar-refractivity contribution in [3.63, 3.8) is 0 Å². The third-order valence-corrected chi connectivity index (χ3v) is 2.05. The summed E-state index contributed by atoms with van der Waals surface area (Å²) in [5, 5.41) is 4.19. The molecule has 0 aliphatic carbocycles.